The number of aliphatic imine (C=N–C) groups is 1. The van der Waals surface area contributed by atoms with Crippen LogP contribution in [-0.2, 0) is 22.7 Å². The molecule has 0 aliphatic carbocycles. The molecule has 0 saturated carbocycles. The Balaban J connectivity index is 1.34. The van der Waals surface area contributed by atoms with Gasteiger partial charge in [0.15, 0.2) is 16.7 Å². The fourth-order valence-corrected chi connectivity index (χ4v) is 4.72. The number of nitrogens with zero attached hydrogens (tertiary/aromatic N) is 2. The first-order valence-corrected chi connectivity index (χ1v) is 12.4. The summed E-state index contributed by atoms with van der Waals surface area (Å²) in [5.74, 6) is 1.07. The first-order chi connectivity index (χ1) is 17.2. The normalized spacial score (nSPS) is 16.9. The molecule has 3 aromatic rings. The Hall–Kier alpha value is -3.55. The number of thioether (sulfide) groups is 1. The SMILES string of the molecule is O=C1N=C(N2CCOCC2)S/C1=C/c1ccc(OCc2ccccc2)c(OCc2ccccc2)c1. The Kier molecular flexibility index (Phi) is 7.46. The second kappa shape index (κ2) is 11.3. The van der Waals surface area contributed by atoms with Gasteiger partial charge < -0.3 is 19.1 Å². The van der Waals surface area contributed by atoms with Crippen LogP contribution in [0.5, 0.6) is 11.5 Å². The van der Waals surface area contributed by atoms with Crippen LogP contribution >= 0.6 is 11.8 Å². The molecule has 0 atom stereocenters. The van der Waals surface area contributed by atoms with Crippen molar-refractivity contribution in [1.82, 2.24) is 4.90 Å². The average Bonchev–Trinajstić information content (AvgIpc) is 3.28. The van der Waals surface area contributed by atoms with E-state index in [-0.39, 0.29) is 5.91 Å². The standard InChI is InChI=1S/C28H26N2O4S/c31-27-26(35-28(29-27)30-13-15-32-16-14-30)18-23-11-12-24(33-19-21-7-3-1-4-8-21)25(17-23)34-20-22-9-5-2-6-10-22/h1-12,17-18H,13-16,19-20H2/b26-18+. The zero-order valence-corrected chi connectivity index (χ0v) is 20.1. The lowest BCUT2D eigenvalue weighted by molar-refractivity contribution is -0.113. The van der Waals surface area contributed by atoms with E-state index in [1.165, 1.54) is 11.8 Å². The van der Waals surface area contributed by atoms with E-state index in [2.05, 4.69) is 9.89 Å². The molecule has 1 fully saturated rings. The highest BCUT2D eigenvalue weighted by Gasteiger charge is 2.27. The average molecular weight is 487 g/mol. The minimum absolute atomic E-state index is 0.215. The summed E-state index contributed by atoms with van der Waals surface area (Å²) in [6.45, 7) is 3.65. The lowest BCUT2D eigenvalue weighted by atomic mass is 10.1. The number of amides is 1. The lowest BCUT2D eigenvalue weighted by Gasteiger charge is -2.27. The number of hydrogen-bond acceptors (Lipinski definition) is 6. The molecule has 178 valence electrons. The molecule has 0 aromatic heterocycles. The quantitative estimate of drug-likeness (QED) is 0.431. The van der Waals surface area contributed by atoms with Crippen LogP contribution in [0.15, 0.2) is 88.8 Å². The minimum Gasteiger partial charge on any atom is -0.485 e. The molecule has 1 saturated heterocycles. The second-order valence-corrected chi connectivity index (χ2v) is 9.17. The highest BCUT2D eigenvalue weighted by atomic mass is 32.2. The van der Waals surface area contributed by atoms with Crippen molar-refractivity contribution in [2.75, 3.05) is 26.3 Å². The van der Waals surface area contributed by atoms with Crippen LogP contribution in [0, 0.1) is 0 Å². The predicted molar refractivity (Wildman–Crippen MR) is 138 cm³/mol. The molecule has 2 aliphatic rings. The molecule has 35 heavy (non-hydrogen) atoms. The monoisotopic (exact) mass is 486 g/mol. The van der Waals surface area contributed by atoms with Crippen molar-refractivity contribution in [3.63, 3.8) is 0 Å². The fraction of sp³-hybridized carbons (Fsp3) is 0.214. The van der Waals surface area contributed by atoms with Gasteiger partial charge in [-0.2, -0.15) is 4.99 Å². The molecule has 0 bridgehead atoms. The van der Waals surface area contributed by atoms with Gasteiger partial charge in [0.2, 0.25) is 0 Å². The maximum absolute atomic E-state index is 12.6. The van der Waals surface area contributed by atoms with Gasteiger partial charge in [-0.3, -0.25) is 4.79 Å². The first-order valence-electron chi connectivity index (χ1n) is 11.6. The highest BCUT2D eigenvalue weighted by molar-refractivity contribution is 8.18. The van der Waals surface area contributed by atoms with Crippen molar-refractivity contribution in [3.8, 4) is 11.5 Å². The Morgan fingerprint density at radius 1 is 0.857 bits per heavy atom. The Bertz CT molecular complexity index is 1220. The molecule has 0 spiro atoms. The van der Waals surface area contributed by atoms with E-state index in [4.69, 9.17) is 14.2 Å². The summed E-state index contributed by atoms with van der Waals surface area (Å²) < 4.78 is 17.7. The van der Waals surface area contributed by atoms with Crippen LogP contribution in [0.2, 0.25) is 0 Å². The lowest BCUT2D eigenvalue weighted by Crippen LogP contribution is -2.38. The second-order valence-electron chi connectivity index (χ2n) is 8.16. The van der Waals surface area contributed by atoms with E-state index < -0.39 is 0 Å². The number of amidine groups is 1. The third-order valence-electron chi connectivity index (χ3n) is 5.63. The first kappa shape index (κ1) is 23.2. The van der Waals surface area contributed by atoms with Gasteiger partial charge in [0.1, 0.15) is 13.2 Å². The van der Waals surface area contributed by atoms with E-state index in [1.807, 2.05) is 84.9 Å². The van der Waals surface area contributed by atoms with Crippen LogP contribution in [0.1, 0.15) is 16.7 Å². The maximum Gasteiger partial charge on any atom is 0.286 e. The van der Waals surface area contributed by atoms with Gasteiger partial charge in [0, 0.05) is 13.1 Å². The summed E-state index contributed by atoms with van der Waals surface area (Å²) >= 11 is 1.41. The van der Waals surface area contributed by atoms with Crippen molar-refractivity contribution in [2.24, 2.45) is 4.99 Å². The summed E-state index contributed by atoms with van der Waals surface area (Å²) in [6.07, 6.45) is 1.86. The van der Waals surface area contributed by atoms with Gasteiger partial charge in [-0.25, -0.2) is 0 Å². The van der Waals surface area contributed by atoms with E-state index in [0.29, 0.717) is 42.8 Å². The molecule has 5 rings (SSSR count). The fourth-order valence-electron chi connectivity index (χ4n) is 3.76. The van der Waals surface area contributed by atoms with E-state index in [9.17, 15) is 4.79 Å². The third-order valence-corrected chi connectivity index (χ3v) is 6.68. The summed E-state index contributed by atoms with van der Waals surface area (Å²) in [4.78, 5) is 19.5. The molecule has 0 radical (unpaired) electrons. The molecule has 2 heterocycles. The van der Waals surface area contributed by atoms with E-state index >= 15 is 0 Å². The summed E-state index contributed by atoms with van der Waals surface area (Å²) in [5, 5.41) is 0.743. The van der Waals surface area contributed by atoms with E-state index in [1.54, 1.807) is 0 Å². The highest BCUT2D eigenvalue weighted by Crippen LogP contribution is 2.34. The maximum atomic E-state index is 12.6. The molecule has 1 amide bonds. The Morgan fingerprint density at radius 3 is 2.14 bits per heavy atom. The topological polar surface area (TPSA) is 60.4 Å². The van der Waals surface area contributed by atoms with E-state index in [0.717, 1.165) is 34.9 Å². The molecular formula is C28H26N2O4S. The number of benzene rings is 3. The number of carbonyl (C=O) groups is 1. The molecule has 3 aromatic carbocycles. The number of rotatable bonds is 7. The molecule has 0 N–H and O–H groups in total. The van der Waals surface area contributed by atoms with Gasteiger partial charge in [-0.1, -0.05) is 66.7 Å². The number of hydrogen-bond donors (Lipinski definition) is 0. The van der Waals surface area contributed by atoms with Crippen LogP contribution in [0.3, 0.4) is 0 Å². The zero-order valence-electron chi connectivity index (χ0n) is 19.3. The van der Waals surface area contributed by atoms with Gasteiger partial charge in [-0.05, 0) is 46.7 Å². The third kappa shape index (κ3) is 6.12. The largest absolute Gasteiger partial charge is 0.485 e. The summed E-state index contributed by atoms with van der Waals surface area (Å²) in [6, 6.07) is 25.8. The van der Waals surface area contributed by atoms with Gasteiger partial charge in [0.25, 0.3) is 5.91 Å². The van der Waals surface area contributed by atoms with Crippen LogP contribution in [0.4, 0.5) is 0 Å². The van der Waals surface area contributed by atoms with Crippen molar-refractivity contribution in [1.29, 1.82) is 0 Å². The smallest absolute Gasteiger partial charge is 0.286 e. The van der Waals surface area contributed by atoms with Gasteiger partial charge in [-0.15, -0.1) is 0 Å². The van der Waals surface area contributed by atoms with Crippen LogP contribution in [-0.4, -0.2) is 42.3 Å². The number of ether oxygens (including phenoxy) is 3. The van der Waals surface area contributed by atoms with Crippen molar-refractivity contribution in [2.45, 2.75) is 13.2 Å². The van der Waals surface area contributed by atoms with Gasteiger partial charge in [0.05, 0.1) is 18.1 Å². The molecule has 0 unspecified atom stereocenters. The molecule has 2 aliphatic heterocycles. The molecular weight excluding hydrogens is 460 g/mol. The van der Waals surface area contributed by atoms with Crippen LogP contribution in [0.25, 0.3) is 6.08 Å². The minimum atomic E-state index is -0.215. The predicted octanol–water partition coefficient (Wildman–Crippen LogP) is 5.15. The number of morpholine rings is 1. The van der Waals surface area contributed by atoms with Crippen molar-refractivity contribution in [3.05, 3.63) is 100 Å². The zero-order chi connectivity index (χ0) is 23.9. The number of carbonyl (C=O) groups excluding carboxylic acids is 1. The summed E-state index contributed by atoms with van der Waals surface area (Å²) in [7, 11) is 0. The Labute approximate surface area is 209 Å². The Morgan fingerprint density at radius 2 is 1.49 bits per heavy atom. The van der Waals surface area contributed by atoms with Crippen molar-refractivity contribution < 1.29 is 19.0 Å². The van der Waals surface area contributed by atoms with Crippen molar-refractivity contribution >= 4 is 28.9 Å². The van der Waals surface area contributed by atoms with Crippen LogP contribution < -0.4 is 9.47 Å². The molecule has 7 heteroatoms. The molecule has 6 nitrogen and oxygen atoms in total. The van der Waals surface area contributed by atoms with Gasteiger partial charge >= 0.3 is 0 Å². The summed E-state index contributed by atoms with van der Waals surface area (Å²) in [5.41, 5.74) is 3.00.